The molecule has 2 unspecified atom stereocenters. The zero-order chi connectivity index (χ0) is 20.9. The van der Waals surface area contributed by atoms with Gasteiger partial charge in [0.05, 0.1) is 0 Å². The first-order valence-electron chi connectivity index (χ1n) is 9.77. The summed E-state index contributed by atoms with van der Waals surface area (Å²) in [5.74, 6) is -0.782. The molecule has 6 nitrogen and oxygen atoms in total. The third-order valence-electron chi connectivity index (χ3n) is 3.84. The number of hydrogen-bond donors (Lipinski definition) is 3. The standard InChI is InChI=1S/C22H34O6/c1-2-3-10-15-20(27-25)16-11-7-5-4-6-8-12-17-21(28-26)18-13-9-14-19-22(23)24/h3,5-8,10-12,16-17,20-21,25-26H,2,4,9,13-15,18-19H2,1H3,(H,23,24)/b7-5-,8-6-,10-3-,16-11+,17-12+. The van der Waals surface area contributed by atoms with Crippen LogP contribution in [0.3, 0.4) is 0 Å². The van der Waals surface area contributed by atoms with Gasteiger partial charge in [0.15, 0.2) is 0 Å². The van der Waals surface area contributed by atoms with Gasteiger partial charge in [0.25, 0.3) is 0 Å². The van der Waals surface area contributed by atoms with Crippen molar-refractivity contribution >= 4 is 5.97 Å². The third-order valence-corrected chi connectivity index (χ3v) is 3.84. The lowest BCUT2D eigenvalue weighted by Crippen LogP contribution is -2.06. The Balaban J connectivity index is 4.00. The number of aliphatic carboxylic acids is 1. The highest BCUT2D eigenvalue weighted by molar-refractivity contribution is 5.66. The van der Waals surface area contributed by atoms with Crippen LogP contribution in [-0.2, 0) is 14.6 Å². The van der Waals surface area contributed by atoms with Crippen molar-refractivity contribution in [2.45, 2.75) is 70.5 Å². The van der Waals surface area contributed by atoms with Gasteiger partial charge in [0, 0.05) is 6.42 Å². The van der Waals surface area contributed by atoms with Crippen LogP contribution in [0.5, 0.6) is 0 Å². The molecule has 0 heterocycles. The first-order chi connectivity index (χ1) is 13.6. The maximum absolute atomic E-state index is 10.4. The molecule has 2 atom stereocenters. The minimum atomic E-state index is -0.782. The van der Waals surface area contributed by atoms with E-state index in [9.17, 15) is 4.79 Å². The topological polar surface area (TPSA) is 96.2 Å². The number of allylic oxidation sites excluding steroid dienone is 7. The molecule has 0 aliphatic rings. The fraction of sp³-hybridized carbons (Fsp3) is 0.500. The second-order valence-corrected chi connectivity index (χ2v) is 6.26. The lowest BCUT2D eigenvalue weighted by molar-refractivity contribution is -0.267. The summed E-state index contributed by atoms with van der Waals surface area (Å²) in [5.41, 5.74) is 0. The zero-order valence-electron chi connectivity index (χ0n) is 16.7. The molecule has 0 saturated heterocycles. The molecule has 28 heavy (non-hydrogen) atoms. The minimum Gasteiger partial charge on any atom is -0.481 e. The van der Waals surface area contributed by atoms with Crippen molar-refractivity contribution in [1.82, 2.24) is 0 Å². The fourth-order valence-corrected chi connectivity index (χ4v) is 2.31. The summed E-state index contributed by atoms with van der Waals surface area (Å²) >= 11 is 0. The van der Waals surface area contributed by atoms with E-state index >= 15 is 0 Å². The third kappa shape index (κ3) is 17.4. The number of rotatable bonds is 17. The fourth-order valence-electron chi connectivity index (χ4n) is 2.31. The molecule has 0 bridgehead atoms. The summed E-state index contributed by atoms with van der Waals surface area (Å²) in [6.07, 6.45) is 23.6. The molecule has 0 aromatic carbocycles. The van der Waals surface area contributed by atoms with Gasteiger partial charge in [-0.15, -0.1) is 0 Å². The maximum atomic E-state index is 10.4. The molecule has 0 amide bonds. The van der Waals surface area contributed by atoms with Gasteiger partial charge in [-0.05, 0) is 32.1 Å². The zero-order valence-corrected chi connectivity index (χ0v) is 16.7. The highest BCUT2D eigenvalue weighted by atomic mass is 17.1. The molecular weight excluding hydrogens is 360 g/mol. The van der Waals surface area contributed by atoms with Crippen molar-refractivity contribution in [2.24, 2.45) is 0 Å². The summed E-state index contributed by atoms with van der Waals surface area (Å²) in [4.78, 5) is 19.2. The van der Waals surface area contributed by atoms with Gasteiger partial charge in [-0.25, -0.2) is 9.78 Å². The van der Waals surface area contributed by atoms with Crippen molar-refractivity contribution < 1.29 is 30.2 Å². The van der Waals surface area contributed by atoms with Gasteiger partial charge in [-0.1, -0.05) is 80.5 Å². The van der Waals surface area contributed by atoms with Gasteiger partial charge in [-0.2, -0.15) is 0 Å². The second-order valence-electron chi connectivity index (χ2n) is 6.26. The molecule has 3 N–H and O–H groups in total. The van der Waals surface area contributed by atoms with E-state index in [2.05, 4.69) is 16.7 Å². The molecule has 6 heteroatoms. The van der Waals surface area contributed by atoms with E-state index < -0.39 is 5.97 Å². The summed E-state index contributed by atoms with van der Waals surface area (Å²) in [7, 11) is 0. The number of unbranched alkanes of at least 4 members (excludes halogenated alkanes) is 2. The quantitative estimate of drug-likeness (QED) is 0.0961. The Kier molecular flexibility index (Phi) is 18.4. The predicted octanol–water partition coefficient (Wildman–Crippen LogP) is 5.71. The Bertz CT molecular complexity index is 519. The molecule has 158 valence electrons. The highest BCUT2D eigenvalue weighted by Crippen LogP contribution is 2.09. The SMILES string of the molecule is CC/C=C\CC(/C=C/C=C\C/C=C\C=C\C(CCCCCC(=O)O)OO)OO. The van der Waals surface area contributed by atoms with Crippen LogP contribution in [-0.4, -0.2) is 33.8 Å². The monoisotopic (exact) mass is 394 g/mol. The van der Waals surface area contributed by atoms with Gasteiger partial charge in [-0.3, -0.25) is 15.3 Å². The normalized spacial score (nSPS) is 15.0. The Hall–Kier alpha value is -1.99. The maximum Gasteiger partial charge on any atom is 0.303 e. The van der Waals surface area contributed by atoms with Crippen LogP contribution in [0.4, 0.5) is 0 Å². The van der Waals surface area contributed by atoms with E-state index in [1.807, 2.05) is 48.6 Å². The summed E-state index contributed by atoms with van der Waals surface area (Å²) in [6, 6.07) is 0. The first kappa shape index (κ1) is 26.0. The number of hydrogen-bond acceptors (Lipinski definition) is 5. The average molecular weight is 395 g/mol. The molecule has 0 fully saturated rings. The average Bonchev–Trinajstić information content (AvgIpc) is 2.69. The Morgan fingerprint density at radius 3 is 2.07 bits per heavy atom. The van der Waals surface area contributed by atoms with E-state index in [0.29, 0.717) is 19.3 Å². The molecule has 0 rings (SSSR count). The van der Waals surface area contributed by atoms with Gasteiger partial charge in [0.2, 0.25) is 0 Å². The molecule has 0 spiro atoms. The molecule has 0 aromatic heterocycles. The largest absolute Gasteiger partial charge is 0.481 e. The highest BCUT2D eigenvalue weighted by Gasteiger charge is 2.04. The van der Waals surface area contributed by atoms with Crippen molar-refractivity contribution in [3.63, 3.8) is 0 Å². The van der Waals surface area contributed by atoms with Crippen molar-refractivity contribution in [1.29, 1.82) is 0 Å². The molecule has 0 saturated carbocycles. The van der Waals surface area contributed by atoms with E-state index in [4.69, 9.17) is 15.6 Å². The van der Waals surface area contributed by atoms with Crippen LogP contribution in [0.2, 0.25) is 0 Å². The Labute approximate surface area is 168 Å². The summed E-state index contributed by atoms with van der Waals surface area (Å²) in [6.45, 7) is 2.05. The first-order valence-corrected chi connectivity index (χ1v) is 9.77. The van der Waals surface area contributed by atoms with Gasteiger partial charge < -0.3 is 5.11 Å². The predicted molar refractivity (Wildman–Crippen MR) is 111 cm³/mol. The molecule has 0 aromatic rings. The van der Waals surface area contributed by atoms with E-state index in [1.54, 1.807) is 12.2 Å². The van der Waals surface area contributed by atoms with Crippen LogP contribution >= 0.6 is 0 Å². The summed E-state index contributed by atoms with van der Waals surface area (Å²) in [5, 5.41) is 26.3. The van der Waals surface area contributed by atoms with Crippen LogP contribution in [0.1, 0.15) is 58.3 Å². The Morgan fingerprint density at radius 1 is 0.857 bits per heavy atom. The van der Waals surface area contributed by atoms with Crippen molar-refractivity contribution in [2.75, 3.05) is 0 Å². The number of carbonyl (C=O) groups is 1. The minimum absolute atomic E-state index is 0.176. The second kappa shape index (κ2) is 19.8. The van der Waals surface area contributed by atoms with E-state index in [1.165, 1.54) is 0 Å². The molecule has 0 radical (unpaired) electrons. The number of carboxylic acid groups (broad SMARTS) is 1. The smallest absolute Gasteiger partial charge is 0.303 e. The van der Waals surface area contributed by atoms with E-state index in [-0.39, 0.29) is 18.6 Å². The molecule has 0 aliphatic carbocycles. The van der Waals surface area contributed by atoms with Crippen LogP contribution in [0.25, 0.3) is 0 Å². The Morgan fingerprint density at radius 2 is 1.50 bits per heavy atom. The van der Waals surface area contributed by atoms with Crippen molar-refractivity contribution in [3.05, 3.63) is 60.8 Å². The molecule has 0 aliphatic heterocycles. The molecular formula is C22H34O6. The lowest BCUT2D eigenvalue weighted by atomic mass is 10.1. The van der Waals surface area contributed by atoms with Crippen LogP contribution in [0.15, 0.2) is 60.8 Å². The van der Waals surface area contributed by atoms with Gasteiger partial charge in [0.1, 0.15) is 12.2 Å². The van der Waals surface area contributed by atoms with Gasteiger partial charge >= 0.3 is 5.97 Å². The van der Waals surface area contributed by atoms with Crippen LogP contribution in [0, 0.1) is 0 Å². The lowest BCUT2D eigenvalue weighted by Gasteiger charge is -2.07. The summed E-state index contributed by atoms with van der Waals surface area (Å²) < 4.78 is 0. The van der Waals surface area contributed by atoms with Crippen LogP contribution < -0.4 is 0 Å². The van der Waals surface area contributed by atoms with E-state index in [0.717, 1.165) is 25.7 Å². The van der Waals surface area contributed by atoms with Crippen molar-refractivity contribution in [3.8, 4) is 0 Å². The number of carboxylic acids is 1.